The standard InChI is InChI=1S/C14H9F4N3O2S/c15-11-6-1-8(14(16,17)18)7-12(11)20-13(24)19-9-2-4-10(5-3-9)21(22)23/h1-7H,(H2,19,20,24). The van der Waals surface area contributed by atoms with Crippen LogP contribution in [0.1, 0.15) is 5.56 Å². The molecule has 0 saturated carbocycles. The molecule has 10 heteroatoms. The molecule has 2 aromatic rings. The van der Waals surface area contributed by atoms with E-state index in [9.17, 15) is 27.7 Å². The van der Waals surface area contributed by atoms with Gasteiger partial charge in [0.2, 0.25) is 0 Å². The Labute approximate surface area is 138 Å². The number of halogens is 4. The van der Waals surface area contributed by atoms with E-state index in [0.717, 1.165) is 0 Å². The minimum Gasteiger partial charge on any atom is -0.332 e. The van der Waals surface area contributed by atoms with E-state index in [2.05, 4.69) is 10.6 Å². The van der Waals surface area contributed by atoms with E-state index in [1.807, 2.05) is 0 Å². The SMILES string of the molecule is O=[N+]([O-])c1ccc(NC(=S)Nc2cc(C(F)(F)F)ccc2F)cc1. The molecule has 0 amide bonds. The first kappa shape index (κ1) is 17.6. The maximum absolute atomic E-state index is 13.6. The lowest BCUT2D eigenvalue weighted by Crippen LogP contribution is -2.20. The first-order chi connectivity index (χ1) is 11.2. The molecule has 126 valence electrons. The Morgan fingerprint density at radius 2 is 1.71 bits per heavy atom. The van der Waals surface area contributed by atoms with Crippen molar-refractivity contribution >= 4 is 34.4 Å². The number of rotatable bonds is 3. The van der Waals surface area contributed by atoms with Gasteiger partial charge in [-0.2, -0.15) is 13.2 Å². The summed E-state index contributed by atoms with van der Waals surface area (Å²) < 4.78 is 51.5. The van der Waals surface area contributed by atoms with Crippen LogP contribution in [0.3, 0.4) is 0 Å². The third kappa shape index (κ3) is 4.38. The molecule has 2 rings (SSSR count). The number of nitro benzene ring substituents is 1. The van der Waals surface area contributed by atoms with Crippen LogP contribution >= 0.6 is 12.2 Å². The smallest absolute Gasteiger partial charge is 0.332 e. The molecule has 0 aliphatic rings. The first-order valence-corrected chi connectivity index (χ1v) is 6.77. The summed E-state index contributed by atoms with van der Waals surface area (Å²) in [5.74, 6) is -0.907. The molecule has 0 aliphatic carbocycles. The van der Waals surface area contributed by atoms with Gasteiger partial charge in [0.05, 0.1) is 16.2 Å². The summed E-state index contributed by atoms with van der Waals surface area (Å²) in [7, 11) is 0. The van der Waals surface area contributed by atoms with Crippen LogP contribution in [0.2, 0.25) is 0 Å². The fourth-order valence-corrected chi connectivity index (χ4v) is 1.98. The van der Waals surface area contributed by atoms with Crippen LogP contribution in [0.15, 0.2) is 42.5 Å². The third-order valence-corrected chi connectivity index (χ3v) is 3.08. The van der Waals surface area contributed by atoms with Crippen molar-refractivity contribution in [2.24, 2.45) is 0 Å². The number of non-ortho nitro benzene ring substituents is 1. The van der Waals surface area contributed by atoms with Crippen molar-refractivity contribution in [3.05, 3.63) is 64.0 Å². The Hall–Kier alpha value is -2.75. The molecular weight excluding hydrogens is 350 g/mol. The Bertz CT molecular complexity index is 779. The number of nitrogens with one attached hydrogen (secondary N) is 2. The second kappa shape index (κ2) is 6.79. The van der Waals surface area contributed by atoms with Gasteiger partial charge in [-0.15, -0.1) is 0 Å². The topological polar surface area (TPSA) is 67.2 Å². The number of benzene rings is 2. The predicted octanol–water partition coefficient (Wildman–Crippen LogP) is 4.56. The molecule has 0 spiro atoms. The molecule has 0 aromatic heterocycles. The van der Waals surface area contributed by atoms with E-state index >= 15 is 0 Å². The lowest BCUT2D eigenvalue weighted by Gasteiger charge is -2.13. The summed E-state index contributed by atoms with van der Waals surface area (Å²) in [4.78, 5) is 9.95. The second-order valence-electron chi connectivity index (χ2n) is 4.58. The molecule has 0 unspecified atom stereocenters. The maximum atomic E-state index is 13.6. The molecule has 2 N–H and O–H groups in total. The summed E-state index contributed by atoms with van der Waals surface area (Å²) in [6.07, 6.45) is -4.61. The highest BCUT2D eigenvalue weighted by atomic mass is 32.1. The van der Waals surface area contributed by atoms with Gasteiger partial charge in [-0.3, -0.25) is 10.1 Å². The van der Waals surface area contributed by atoms with Crippen molar-refractivity contribution in [1.29, 1.82) is 0 Å². The zero-order valence-electron chi connectivity index (χ0n) is 11.7. The number of nitrogens with zero attached hydrogens (tertiary/aromatic N) is 1. The fraction of sp³-hybridized carbons (Fsp3) is 0.0714. The predicted molar refractivity (Wildman–Crippen MR) is 84.3 cm³/mol. The van der Waals surface area contributed by atoms with Crippen LogP contribution in [0.5, 0.6) is 0 Å². The zero-order valence-corrected chi connectivity index (χ0v) is 12.5. The summed E-state index contributed by atoms with van der Waals surface area (Å²) in [6, 6.07) is 7.04. The molecule has 0 atom stereocenters. The van der Waals surface area contributed by atoms with Crippen molar-refractivity contribution in [1.82, 2.24) is 0 Å². The number of hydrogen-bond donors (Lipinski definition) is 2. The minimum absolute atomic E-state index is 0.136. The zero-order chi connectivity index (χ0) is 17.9. The highest BCUT2D eigenvalue weighted by Crippen LogP contribution is 2.31. The Morgan fingerprint density at radius 1 is 1.08 bits per heavy atom. The lowest BCUT2D eigenvalue weighted by molar-refractivity contribution is -0.384. The average molecular weight is 359 g/mol. The highest BCUT2D eigenvalue weighted by Gasteiger charge is 2.31. The van der Waals surface area contributed by atoms with E-state index < -0.39 is 28.2 Å². The van der Waals surface area contributed by atoms with Gasteiger partial charge in [-0.25, -0.2) is 4.39 Å². The van der Waals surface area contributed by atoms with Crippen LogP contribution in [0.25, 0.3) is 0 Å². The van der Waals surface area contributed by atoms with Gasteiger partial charge in [0.15, 0.2) is 5.11 Å². The number of alkyl halides is 3. The number of anilines is 2. The van der Waals surface area contributed by atoms with Crippen LogP contribution in [-0.2, 0) is 6.18 Å². The van der Waals surface area contributed by atoms with Crippen LogP contribution in [-0.4, -0.2) is 10.0 Å². The monoisotopic (exact) mass is 359 g/mol. The highest BCUT2D eigenvalue weighted by molar-refractivity contribution is 7.80. The van der Waals surface area contributed by atoms with Crippen molar-refractivity contribution < 1.29 is 22.5 Å². The molecule has 5 nitrogen and oxygen atoms in total. The molecule has 0 fully saturated rings. The molecule has 0 heterocycles. The van der Waals surface area contributed by atoms with Gasteiger partial charge < -0.3 is 10.6 Å². The van der Waals surface area contributed by atoms with E-state index in [-0.39, 0.29) is 10.8 Å². The van der Waals surface area contributed by atoms with Crippen LogP contribution in [0, 0.1) is 15.9 Å². The Kier molecular flexibility index (Phi) is 4.98. The molecule has 0 aliphatic heterocycles. The van der Waals surface area contributed by atoms with E-state index in [0.29, 0.717) is 23.9 Å². The summed E-state index contributed by atoms with van der Waals surface area (Å²) in [5, 5.41) is 15.3. The van der Waals surface area contributed by atoms with E-state index in [4.69, 9.17) is 12.2 Å². The summed E-state index contributed by atoms with van der Waals surface area (Å²) in [6.45, 7) is 0. The van der Waals surface area contributed by atoms with Crippen molar-refractivity contribution in [2.45, 2.75) is 6.18 Å². The van der Waals surface area contributed by atoms with E-state index in [1.54, 1.807) is 0 Å². The molecular formula is C14H9F4N3O2S. The Balaban J connectivity index is 2.11. The largest absolute Gasteiger partial charge is 0.416 e. The average Bonchev–Trinajstić information content (AvgIpc) is 2.48. The normalized spacial score (nSPS) is 11.0. The molecule has 2 aromatic carbocycles. The third-order valence-electron chi connectivity index (χ3n) is 2.88. The van der Waals surface area contributed by atoms with Crippen molar-refractivity contribution in [3.8, 4) is 0 Å². The Morgan fingerprint density at radius 3 is 2.25 bits per heavy atom. The molecule has 0 radical (unpaired) electrons. The maximum Gasteiger partial charge on any atom is 0.416 e. The van der Waals surface area contributed by atoms with E-state index in [1.165, 1.54) is 24.3 Å². The van der Waals surface area contributed by atoms with Gasteiger partial charge in [-0.1, -0.05) is 0 Å². The lowest BCUT2D eigenvalue weighted by atomic mass is 10.2. The van der Waals surface area contributed by atoms with Gasteiger partial charge in [-0.05, 0) is 42.5 Å². The molecule has 0 bridgehead atoms. The molecule has 24 heavy (non-hydrogen) atoms. The van der Waals surface area contributed by atoms with Crippen LogP contribution < -0.4 is 10.6 Å². The number of nitro groups is 1. The summed E-state index contributed by atoms with van der Waals surface area (Å²) in [5.41, 5.74) is -1.25. The fourth-order valence-electron chi connectivity index (χ4n) is 1.75. The van der Waals surface area contributed by atoms with Crippen molar-refractivity contribution in [2.75, 3.05) is 10.6 Å². The van der Waals surface area contributed by atoms with Gasteiger partial charge in [0.25, 0.3) is 5.69 Å². The van der Waals surface area contributed by atoms with Gasteiger partial charge in [0.1, 0.15) is 5.82 Å². The first-order valence-electron chi connectivity index (χ1n) is 6.36. The number of hydrogen-bond acceptors (Lipinski definition) is 3. The quantitative estimate of drug-likeness (QED) is 0.364. The second-order valence-corrected chi connectivity index (χ2v) is 4.98. The molecule has 0 saturated heterocycles. The van der Waals surface area contributed by atoms with Crippen LogP contribution in [0.4, 0.5) is 34.6 Å². The minimum atomic E-state index is -4.61. The summed E-state index contributed by atoms with van der Waals surface area (Å²) >= 11 is 4.89. The number of thiocarbonyl (C=S) groups is 1. The van der Waals surface area contributed by atoms with Crippen molar-refractivity contribution in [3.63, 3.8) is 0 Å². The van der Waals surface area contributed by atoms with Gasteiger partial charge in [0, 0.05) is 17.8 Å². The van der Waals surface area contributed by atoms with Gasteiger partial charge >= 0.3 is 6.18 Å².